The number of benzene rings is 1. The van der Waals surface area contributed by atoms with E-state index in [2.05, 4.69) is 19.2 Å². The Morgan fingerprint density at radius 2 is 2.00 bits per heavy atom. The van der Waals surface area contributed by atoms with Crippen molar-refractivity contribution in [3.05, 3.63) is 35.6 Å². The van der Waals surface area contributed by atoms with Crippen LogP contribution >= 0.6 is 0 Å². The van der Waals surface area contributed by atoms with Crippen LogP contribution in [0, 0.1) is 5.82 Å². The molecule has 17 heavy (non-hydrogen) atoms. The van der Waals surface area contributed by atoms with Gasteiger partial charge < -0.3 is 10.1 Å². The van der Waals surface area contributed by atoms with E-state index < -0.39 is 0 Å². The molecule has 0 spiro atoms. The minimum absolute atomic E-state index is 0.0867. The first-order valence-electron chi connectivity index (χ1n) is 6.21. The summed E-state index contributed by atoms with van der Waals surface area (Å²) in [6.07, 6.45) is 1.18. The summed E-state index contributed by atoms with van der Waals surface area (Å²) in [5, 5.41) is 3.36. The van der Waals surface area contributed by atoms with Gasteiger partial charge in [0.25, 0.3) is 0 Å². The van der Waals surface area contributed by atoms with Crippen LogP contribution in [0.1, 0.15) is 32.8 Å². The monoisotopic (exact) mass is 239 g/mol. The molecular formula is C14H22FNO. The molecule has 0 heterocycles. The highest BCUT2D eigenvalue weighted by Gasteiger charge is 2.06. The summed E-state index contributed by atoms with van der Waals surface area (Å²) >= 11 is 0. The molecule has 0 bridgehead atoms. The van der Waals surface area contributed by atoms with Gasteiger partial charge in [-0.25, -0.2) is 4.39 Å². The van der Waals surface area contributed by atoms with Crippen LogP contribution in [0.4, 0.5) is 4.39 Å². The lowest BCUT2D eigenvalue weighted by Gasteiger charge is -2.17. The largest absolute Gasteiger partial charge is 0.372 e. The van der Waals surface area contributed by atoms with Crippen LogP contribution in [-0.2, 0) is 11.3 Å². The molecule has 1 rings (SSSR count). The lowest BCUT2D eigenvalue weighted by atomic mass is 10.2. The average molecular weight is 239 g/mol. The molecular weight excluding hydrogens is 217 g/mol. The van der Waals surface area contributed by atoms with Crippen LogP contribution in [0.3, 0.4) is 0 Å². The number of halogens is 1. The van der Waals surface area contributed by atoms with Gasteiger partial charge in [0, 0.05) is 18.2 Å². The van der Waals surface area contributed by atoms with E-state index >= 15 is 0 Å². The third-order valence-electron chi connectivity index (χ3n) is 2.85. The molecule has 1 aromatic carbocycles. The number of ether oxygens (including phenoxy) is 1. The zero-order chi connectivity index (χ0) is 12.7. The minimum atomic E-state index is -0.199. The van der Waals surface area contributed by atoms with Gasteiger partial charge in [0.15, 0.2) is 0 Å². The molecule has 1 N–H and O–H groups in total. The van der Waals surface area contributed by atoms with Gasteiger partial charge in [0.2, 0.25) is 0 Å². The zero-order valence-electron chi connectivity index (χ0n) is 10.9. The first-order valence-corrected chi connectivity index (χ1v) is 6.21. The molecule has 0 aliphatic carbocycles. The van der Waals surface area contributed by atoms with Crippen LogP contribution in [-0.4, -0.2) is 18.7 Å². The lowest BCUT2D eigenvalue weighted by molar-refractivity contribution is 0.0500. The average Bonchev–Trinajstić information content (AvgIpc) is 2.35. The topological polar surface area (TPSA) is 21.3 Å². The van der Waals surface area contributed by atoms with E-state index in [1.165, 1.54) is 6.07 Å². The predicted octanol–water partition coefficient (Wildman–Crippen LogP) is 3.12. The molecule has 0 radical (unpaired) electrons. The summed E-state index contributed by atoms with van der Waals surface area (Å²) in [5.41, 5.74) is 0.614. The molecule has 2 unspecified atom stereocenters. The molecule has 2 atom stereocenters. The maximum atomic E-state index is 13.3. The Bertz CT molecular complexity index is 330. The Hall–Kier alpha value is -0.930. The maximum Gasteiger partial charge on any atom is 0.128 e. The summed E-state index contributed by atoms with van der Waals surface area (Å²) in [5.74, 6) is -0.199. The van der Waals surface area contributed by atoms with Crippen molar-refractivity contribution in [2.45, 2.75) is 45.9 Å². The highest BCUT2D eigenvalue weighted by atomic mass is 19.1. The Labute approximate surface area is 103 Å². The summed E-state index contributed by atoms with van der Waals surface area (Å²) in [7, 11) is 0. The smallest absolute Gasteiger partial charge is 0.128 e. The van der Waals surface area contributed by atoms with E-state index in [4.69, 9.17) is 4.74 Å². The summed E-state index contributed by atoms with van der Waals surface area (Å²) in [6, 6.07) is 7.22. The molecule has 0 aliphatic heterocycles. The first-order chi connectivity index (χ1) is 8.13. The van der Waals surface area contributed by atoms with E-state index in [0.717, 1.165) is 13.0 Å². The molecule has 0 saturated carbocycles. The minimum Gasteiger partial charge on any atom is -0.372 e. The fraction of sp³-hybridized carbons (Fsp3) is 0.571. The van der Waals surface area contributed by atoms with Gasteiger partial charge in [-0.15, -0.1) is 0 Å². The van der Waals surface area contributed by atoms with Crippen molar-refractivity contribution in [2.24, 2.45) is 0 Å². The number of hydrogen-bond acceptors (Lipinski definition) is 2. The van der Waals surface area contributed by atoms with Crippen molar-refractivity contribution in [3.8, 4) is 0 Å². The van der Waals surface area contributed by atoms with E-state index in [-0.39, 0.29) is 11.9 Å². The molecule has 0 aliphatic rings. The number of rotatable bonds is 7. The van der Waals surface area contributed by atoms with Crippen LogP contribution in [0.15, 0.2) is 24.3 Å². The van der Waals surface area contributed by atoms with Crippen molar-refractivity contribution in [3.63, 3.8) is 0 Å². The van der Waals surface area contributed by atoms with E-state index in [9.17, 15) is 4.39 Å². The summed E-state index contributed by atoms with van der Waals surface area (Å²) in [4.78, 5) is 0. The van der Waals surface area contributed by atoms with Gasteiger partial charge in [-0.3, -0.25) is 0 Å². The highest BCUT2D eigenvalue weighted by molar-refractivity contribution is 5.16. The van der Waals surface area contributed by atoms with Crippen LogP contribution < -0.4 is 5.32 Å². The molecule has 0 fully saturated rings. The fourth-order valence-corrected chi connectivity index (χ4v) is 1.42. The molecule has 1 aromatic rings. The van der Waals surface area contributed by atoms with E-state index in [1.54, 1.807) is 12.1 Å². The van der Waals surface area contributed by atoms with Crippen LogP contribution in [0.2, 0.25) is 0 Å². The van der Waals surface area contributed by atoms with E-state index in [1.807, 2.05) is 13.0 Å². The molecule has 3 heteroatoms. The zero-order valence-corrected chi connectivity index (χ0v) is 10.9. The van der Waals surface area contributed by atoms with Gasteiger partial charge in [-0.05, 0) is 26.3 Å². The quantitative estimate of drug-likeness (QED) is 0.789. The SMILES string of the molecule is CCC(C)NCC(C)OCc1ccccc1F. The Morgan fingerprint density at radius 3 is 2.65 bits per heavy atom. The van der Waals surface area contributed by atoms with Crippen molar-refractivity contribution >= 4 is 0 Å². The Balaban J connectivity index is 2.28. The van der Waals surface area contributed by atoms with Gasteiger partial charge in [-0.1, -0.05) is 25.1 Å². The molecule has 0 amide bonds. The van der Waals surface area contributed by atoms with E-state index in [0.29, 0.717) is 18.2 Å². The van der Waals surface area contributed by atoms with Crippen LogP contribution in [0.25, 0.3) is 0 Å². The predicted molar refractivity (Wildman–Crippen MR) is 68.4 cm³/mol. The Kier molecular flexibility index (Phi) is 6.16. The normalized spacial score (nSPS) is 14.6. The number of hydrogen-bond donors (Lipinski definition) is 1. The standard InChI is InChI=1S/C14H22FNO/c1-4-11(2)16-9-12(3)17-10-13-7-5-6-8-14(13)15/h5-8,11-12,16H,4,9-10H2,1-3H3. The fourth-order valence-electron chi connectivity index (χ4n) is 1.42. The first kappa shape index (κ1) is 14.1. The van der Waals surface area contributed by atoms with Gasteiger partial charge >= 0.3 is 0 Å². The van der Waals surface area contributed by atoms with Gasteiger partial charge in [0.1, 0.15) is 5.82 Å². The molecule has 96 valence electrons. The second kappa shape index (κ2) is 7.41. The molecule has 0 aromatic heterocycles. The lowest BCUT2D eigenvalue weighted by Crippen LogP contribution is -2.33. The maximum absolute atomic E-state index is 13.3. The van der Waals surface area contributed by atoms with Crippen molar-refractivity contribution in [1.82, 2.24) is 5.32 Å². The van der Waals surface area contributed by atoms with Crippen molar-refractivity contribution in [1.29, 1.82) is 0 Å². The summed E-state index contributed by atoms with van der Waals surface area (Å²) in [6.45, 7) is 7.40. The van der Waals surface area contributed by atoms with Crippen molar-refractivity contribution in [2.75, 3.05) is 6.54 Å². The molecule has 0 saturated heterocycles. The Morgan fingerprint density at radius 1 is 1.29 bits per heavy atom. The van der Waals surface area contributed by atoms with Crippen LogP contribution in [0.5, 0.6) is 0 Å². The second-order valence-corrected chi connectivity index (χ2v) is 4.43. The highest BCUT2D eigenvalue weighted by Crippen LogP contribution is 2.08. The van der Waals surface area contributed by atoms with Gasteiger partial charge in [0.05, 0.1) is 12.7 Å². The van der Waals surface area contributed by atoms with Crippen molar-refractivity contribution < 1.29 is 9.13 Å². The van der Waals surface area contributed by atoms with Gasteiger partial charge in [-0.2, -0.15) is 0 Å². The summed E-state index contributed by atoms with van der Waals surface area (Å²) < 4.78 is 18.9. The number of nitrogens with one attached hydrogen (secondary N) is 1. The third kappa shape index (κ3) is 5.29. The third-order valence-corrected chi connectivity index (χ3v) is 2.85. The molecule has 2 nitrogen and oxygen atoms in total. The second-order valence-electron chi connectivity index (χ2n) is 4.43.